The lowest BCUT2D eigenvalue weighted by molar-refractivity contribution is 0.115. The molecule has 7 nitrogen and oxygen atoms in total. The Morgan fingerprint density at radius 3 is 2.75 bits per heavy atom. The number of fused-ring (bicyclic) bond motifs is 1. The average molecular weight is 454 g/mol. The van der Waals surface area contributed by atoms with Crippen LogP contribution in [0.25, 0.3) is 10.9 Å². The van der Waals surface area contributed by atoms with Crippen LogP contribution >= 0.6 is 0 Å². The maximum atomic E-state index is 13.9. The second-order valence-corrected chi connectivity index (χ2v) is 10.5. The molecule has 1 aliphatic carbocycles. The van der Waals surface area contributed by atoms with Gasteiger partial charge in [-0.3, -0.25) is 0 Å². The first-order valence-corrected chi connectivity index (χ1v) is 12.3. The van der Waals surface area contributed by atoms with Gasteiger partial charge in [-0.25, -0.2) is 18.6 Å². The van der Waals surface area contributed by atoms with Crippen molar-refractivity contribution >= 4 is 43.7 Å². The highest BCUT2D eigenvalue weighted by Crippen LogP contribution is 2.41. The predicted octanol–water partition coefficient (Wildman–Crippen LogP) is 4.57. The second-order valence-electron chi connectivity index (χ2n) is 8.32. The zero-order valence-corrected chi connectivity index (χ0v) is 18.8. The standard InChI is InChI=1S/C23H24FN5O2S/c1-15-9-17(29-32(2,3)30)11-19-21(15)22(27-14-26-19)28-18-6-5-16(24)10-20(18)31-13-23(12-25)7-4-8-23/h5-6,9-11,14H,2,4,7-8,13H2,1,3H3,(H,29,30)(H,26,27,28). The largest absolute Gasteiger partial charge is 0.490 e. The zero-order valence-electron chi connectivity index (χ0n) is 17.9. The molecule has 1 saturated carbocycles. The number of aromatic nitrogens is 2. The van der Waals surface area contributed by atoms with E-state index in [4.69, 9.17) is 4.74 Å². The first-order chi connectivity index (χ1) is 15.2. The van der Waals surface area contributed by atoms with Crippen molar-refractivity contribution in [3.63, 3.8) is 0 Å². The lowest BCUT2D eigenvalue weighted by Gasteiger charge is -2.34. The Bertz CT molecular complexity index is 1330. The van der Waals surface area contributed by atoms with Crippen molar-refractivity contribution in [2.75, 3.05) is 22.9 Å². The molecule has 2 N–H and O–H groups in total. The normalized spacial score (nSPS) is 16.4. The van der Waals surface area contributed by atoms with E-state index >= 15 is 0 Å². The van der Waals surface area contributed by atoms with E-state index in [1.54, 1.807) is 12.1 Å². The van der Waals surface area contributed by atoms with Crippen molar-refractivity contribution in [2.24, 2.45) is 5.41 Å². The number of aryl methyl sites for hydroxylation is 1. The summed E-state index contributed by atoms with van der Waals surface area (Å²) in [6.07, 6.45) is 5.51. The Labute approximate surface area is 186 Å². The van der Waals surface area contributed by atoms with Crippen LogP contribution in [0.3, 0.4) is 0 Å². The molecule has 4 rings (SSSR count). The molecule has 1 heterocycles. The van der Waals surface area contributed by atoms with Crippen LogP contribution in [0, 0.1) is 29.5 Å². The molecule has 1 aliphatic rings. The quantitative estimate of drug-likeness (QED) is 0.509. The van der Waals surface area contributed by atoms with Gasteiger partial charge in [0.1, 0.15) is 30.3 Å². The van der Waals surface area contributed by atoms with E-state index in [2.05, 4.69) is 31.9 Å². The summed E-state index contributed by atoms with van der Waals surface area (Å²) in [5.41, 5.74) is 2.19. The molecule has 0 saturated heterocycles. The fourth-order valence-electron chi connectivity index (χ4n) is 3.75. The molecular formula is C23H24FN5O2S. The number of nitrogens with zero attached hydrogens (tertiary/aromatic N) is 3. The van der Waals surface area contributed by atoms with E-state index in [0.717, 1.165) is 30.2 Å². The minimum Gasteiger partial charge on any atom is -0.490 e. The van der Waals surface area contributed by atoms with E-state index in [1.165, 1.54) is 24.7 Å². The van der Waals surface area contributed by atoms with Gasteiger partial charge in [-0.15, -0.1) is 0 Å². The van der Waals surface area contributed by atoms with Gasteiger partial charge in [0.05, 0.1) is 22.7 Å². The molecule has 1 unspecified atom stereocenters. The monoisotopic (exact) mass is 453 g/mol. The van der Waals surface area contributed by atoms with Gasteiger partial charge in [0.15, 0.2) is 0 Å². The minimum absolute atomic E-state index is 0.210. The van der Waals surface area contributed by atoms with Crippen LogP contribution < -0.4 is 14.8 Å². The van der Waals surface area contributed by atoms with Gasteiger partial charge in [-0.1, -0.05) is 6.42 Å². The summed E-state index contributed by atoms with van der Waals surface area (Å²) in [6, 6.07) is 10.2. The fraction of sp³-hybridized carbons (Fsp3) is 0.304. The molecule has 0 radical (unpaired) electrons. The lowest BCUT2D eigenvalue weighted by atomic mass is 9.71. The third kappa shape index (κ3) is 4.60. The van der Waals surface area contributed by atoms with Crippen LogP contribution in [0.4, 0.5) is 21.6 Å². The Kier molecular flexibility index (Phi) is 5.65. The van der Waals surface area contributed by atoms with Gasteiger partial charge in [0, 0.05) is 33.1 Å². The SMILES string of the molecule is C=S(C)(=O)Nc1cc(C)c2c(Nc3ccc(F)cc3OCC3(C#N)CCC3)ncnc2c1. The molecule has 1 fully saturated rings. The van der Waals surface area contributed by atoms with Crippen LogP contribution in [-0.4, -0.2) is 32.9 Å². The van der Waals surface area contributed by atoms with E-state index in [-0.39, 0.29) is 6.61 Å². The molecule has 166 valence electrons. The van der Waals surface area contributed by atoms with Crippen molar-refractivity contribution in [3.8, 4) is 11.8 Å². The summed E-state index contributed by atoms with van der Waals surface area (Å²) in [6.45, 7) is 2.11. The highest BCUT2D eigenvalue weighted by Gasteiger charge is 2.38. The number of rotatable bonds is 7. The molecule has 32 heavy (non-hydrogen) atoms. The van der Waals surface area contributed by atoms with Crippen LogP contribution in [0.5, 0.6) is 5.75 Å². The second kappa shape index (κ2) is 8.28. The van der Waals surface area contributed by atoms with Gasteiger partial charge < -0.3 is 14.8 Å². The zero-order chi connectivity index (χ0) is 22.9. The fourth-order valence-corrected chi connectivity index (χ4v) is 4.37. The number of ether oxygens (including phenoxy) is 1. The number of anilines is 3. The maximum absolute atomic E-state index is 13.9. The summed E-state index contributed by atoms with van der Waals surface area (Å²) < 4.78 is 34.8. The first-order valence-electron chi connectivity index (χ1n) is 10.1. The van der Waals surface area contributed by atoms with E-state index < -0.39 is 20.9 Å². The number of benzene rings is 2. The van der Waals surface area contributed by atoms with Crippen molar-refractivity contribution in [3.05, 3.63) is 48.0 Å². The Hall–Kier alpha value is -3.38. The summed E-state index contributed by atoms with van der Waals surface area (Å²) in [7, 11) is -2.43. The van der Waals surface area contributed by atoms with Crippen LogP contribution in [0.15, 0.2) is 36.7 Å². The van der Waals surface area contributed by atoms with Gasteiger partial charge in [-0.2, -0.15) is 5.26 Å². The molecular weight excluding hydrogens is 429 g/mol. The molecule has 0 aliphatic heterocycles. The Balaban J connectivity index is 1.67. The predicted molar refractivity (Wildman–Crippen MR) is 126 cm³/mol. The molecule has 3 aromatic rings. The number of halogens is 1. The van der Waals surface area contributed by atoms with E-state index in [0.29, 0.717) is 28.5 Å². The number of hydrogen-bond acceptors (Lipinski definition) is 6. The van der Waals surface area contributed by atoms with Crippen molar-refractivity contribution < 1.29 is 13.3 Å². The number of hydrogen-bond donors (Lipinski definition) is 2. The molecule has 1 aromatic heterocycles. The van der Waals surface area contributed by atoms with Crippen LogP contribution in [0.2, 0.25) is 0 Å². The van der Waals surface area contributed by atoms with Gasteiger partial charge in [0.25, 0.3) is 0 Å². The highest BCUT2D eigenvalue weighted by atomic mass is 32.2. The summed E-state index contributed by atoms with van der Waals surface area (Å²) >= 11 is 0. The summed E-state index contributed by atoms with van der Waals surface area (Å²) in [5.74, 6) is 4.04. The third-order valence-electron chi connectivity index (χ3n) is 5.52. The van der Waals surface area contributed by atoms with Gasteiger partial charge in [0.2, 0.25) is 0 Å². The maximum Gasteiger partial charge on any atom is 0.145 e. The van der Waals surface area contributed by atoms with Gasteiger partial charge in [-0.05, 0) is 55.5 Å². The number of nitriles is 1. The minimum atomic E-state index is -2.43. The van der Waals surface area contributed by atoms with Gasteiger partial charge >= 0.3 is 0 Å². The van der Waals surface area contributed by atoms with Crippen molar-refractivity contribution in [1.29, 1.82) is 5.26 Å². The molecule has 0 spiro atoms. The van der Waals surface area contributed by atoms with Crippen LogP contribution in [-0.2, 0) is 9.71 Å². The summed E-state index contributed by atoms with van der Waals surface area (Å²) in [4.78, 5) is 8.71. The van der Waals surface area contributed by atoms with E-state index in [1.807, 2.05) is 13.0 Å². The van der Waals surface area contributed by atoms with Crippen LogP contribution in [0.1, 0.15) is 24.8 Å². The molecule has 0 bridgehead atoms. The highest BCUT2D eigenvalue weighted by molar-refractivity contribution is 8.00. The smallest absolute Gasteiger partial charge is 0.145 e. The first kappa shape index (κ1) is 21.8. The molecule has 0 amide bonds. The van der Waals surface area contributed by atoms with Crippen molar-refractivity contribution in [1.82, 2.24) is 9.97 Å². The molecule has 2 aromatic carbocycles. The number of nitrogens with one attached hydrogen (secondary N) is 2. The lowest BCUT2D eigenvalue weighted by Crippen LogP contribution is -2.34. The van der Waals surface area contributed by atoms with Crippen molar-refractivity contribution in [2.45, 2.75) is 26.2 Å². The van der Waals surface area contributed by atoms with E-state index in [9.17, 15) is 13.9 Å². The Morgan fingerprint density at radius 1 is 1.31 bits per heavy atom. The molecule has 1 atom stereocenters. The Morgan fingerprint density at radius 2 is 2.09 bits per heavy atom. The topological polar surface area (TPSA) is 99.9 Å². The molecule has 9 heteroatoms. The third-order valence-corrected chi connectivity index (χ3v) is 6.18. The average Bonchev–Trinajstić information content (AvgIpc) is 2.68. The summed E-state index contributed by atoms with van der Waals surface area (Å²) in [5, 5.41) is 13.4.